The summed E-state index contributed by atoms with van der Waals surface area (Å²) in [6.07, 6.45) is 0. The summed E-state index contributed by atoms with van der Waals surface area (Å²) in [4.78, 5) is 38.2. The summed E-state index contributed by atoms with van der Waals surface area (Å²) in [5, 5.41) is 2.96. The predicted octanol–water partition coefficient (Wildman–Crippen LogP) is 1.91. The molecule has 1 aromatic heterocycles. The molecule has 1 heterocycles. The number of carbonyl (C=O) groups excluding carboxylic acids is 1. The lowest BCUT2D eigenvalue weighted by Gasteiger charge is -2.11. The van der Waals surface area contributed by atoms with E-state index in [9.17, 15) is 18.8 Å². The summed E-state index contributed by atoms with van der Waals surface area (Å²) < 4.78 is 14.5. The van der Waals surface area contributed by atoms with Crippen LogP contribution in [-0.2, 0) is 6.54 Å². The summed E-state index contributed by atoms with van der Waals surface area (Å²) >= 11 is 5.96. The minimum Gasteiger partial charge on any atom is -0.350 e. The molecule has 0 atom stereocenters. The van der Waals surface area contributed by atoms with Crippen LogP contribution in [0.2, 0.25) is 5.02 Å². The summed E-state index contributed by atoms with van der Waals surface area (Å²) in [6, 6.07) is 10.3. The Morgan fingerprint density at radius 3 is 2.72 bits per heavy atom. The third-order valence-electron chi connectivity index (χ3n) is 3.68. The fraction of sp³-hybridized carbons (Fsp3) is 0.118. The average molecular weight is 362 g/mol. The Bertz CT molecular complexity index is 1070. The van der Waals surface area contributed by atoms with Crippen molar-refractivity contribution in [3.63, 3.8) is 0 Å². The van der Waals surface area contributed by atoms with Gasteiger partial charge in [0.2, 0.25) is 0 Å². The molecular weight excluding hydrogens is 349 g/mol. The number of nitrogens with one attached hydrogen (secondary N) is 2. The highest BCUT2D eigenvalue weighted by atomic mass is 35.5. The van der Waals surface area contributed by atoms with Crippen LogP contribution in [-0.4, -0.2) is 22.0 Å². The molecule has 2 aromatic carbocycles. The number of rotatable bonds is 4. The van der Waals surface area contributed by atoms with Gasteiger partial charge in [-0.3, -0.25) is 14.4 Å². The van der Waals surface area contributed by atoms with Gasteiger partial charge < -0.3 is 14.9 Å². The Kier molecular flexibility index (Phi) is 4.67. The highest BCUT2D eigenvalue weighted by Crippen LogP contribution is 2.14. The van der Waals surface area contributed by atoms with E-state index in [0.717, 1.165) is 6.07 Å². The van der Waals surface area contributed by atoms with Gasteiger partial charge in [0, 0.05) is 13.1 Å². The standard InChI is InChI=1S/C17H13ClFN3O3/c18-12-4-2-1-3-11(12)15(23)20-7-8-22-14-6-5-10(19)9-13(14)21-16(24)17(22)25/h1-6,9H,7-8H2,(H,20,23)(H,21,24). The first-order chi connectivity index (χ1) is 12.0. The van der Waals surface area contributed by atoms with Crippen molar-refractivity contribution in [2.45, 2.75) is 6.54 Å². The summed E-state index contributed by atoms with van der Waals surface area (Å²) in [6.45, 7) is 0.154. The molecule has 0 saturated heterocycles. The molecule has 0 unspecified atom stereocenters. The highest BCUT2D eigenvalue weighted by molar-refractivity contribution is 6.33. The lowest BCUT2D eigenvalue weighted by atomic mass is 10.2. The van der Waals surface area contributed by atoms with Crippen molar-refractivity contribution < 1.29 is 9.18 Å². The minimum atomic E-state index is -0.851. The molecule has 3 rings (SSSR count). The largest absolute Gasteiger partial charge is 0.350 e. The lowest BCUT2D eigenvalue weighted by molar-refractivity contribution is 0.0952. The van der Waals surface area contributed by atoms with Gasteiger partial charge in [0.1, 0.15) is 5.82 Å². The first-order valence-corrected chi connectivity index (χ1v) is 7.80. The van der Waals surface area contributed by atoms with Crippen LogP contribution in [0.15, 0.2) is 52.1 Å². The fourth-order valence-corrected chi connectivity index (χ4v) is 2.72. The molecule has 128 valence electrons. The molecule has 8 heteroatoms. The van der Waals surface area contributed by atoms with E-state index in [1.165, 1.54) is 16.7 Å². The second-order valence-electron chi connectivity index (χ2n) is 5.31. The van der Waals surface area contributed by atoms with E-state index in [0.29, 0.717) is 16.1 Å². The van der Waals surface area contributed by atoms with E-state index < -0.39 is 16.9 Å². The van der Waals surface area contributed by atoms with Gasteiger partial charge >= 0.3 is 11.1 Å². The molecule has 1 amide bonds. The zero-order valence-electron chi connectivity index (χ0n) is 12.9. The van der Waals surface area contributed by atoms with Crippen LogP contribution >= 0.6 is 11.6 Å². The van der Waals surface area contributed by atoms with Crippen LogP contribution < -0.4 is 16.4 Å². The molecule has 0 fully saturated rings. The molecule has 25 heavy (non-hydrogen) atoms. The molecule has 0 aliphatic heterocycles. The third kappa shape index (κ3) is 3.46. The number of carbonyl (C=O) groups is 1. The average Bonchev–Trinajstić information content (AvgIpc) is 2.58. The zero-order valence-corrected chi connectivity index (χ0v) is 13.6. The van der Waals surface area contributed by atoms with E-state index in [1.54, 1.807) is 24.3 Å². The first kappa shape index (κ1) is 16.9. The molecule has 3 aromatic rings. The molecule has 2 N–H and O–H groups in total. The van der Waals surface area contributed by atoms with Crippen molar-refractivity contribution in [3.8, 4) is 0 Å². The number of aromatic nitrogens is 2. The van der Waals surface area contributed by atoms with E-state index in [1.807, 2.05) is 0 Å². The minimum absolute atomic E-state index is 0.0566. The summed E-state index contributed by atoms with van der Waals surface area (Å²) in [5.41, 5.74) is -0.726. The molecular formula is C17H13ClFN3O3. The van der Waals surface area contributed by atoms with Crippen molar-refractivity contribution in [1.29, 1.82) is 0 Å². The van der Waals surface area contributed by atoms with Crippen LogP contribution in [0.3, 0.4) is 0 Å². The Balaban J connectivity index is 1.83. The number of aromatic amines is 1. The van der Waals surface area contributed by atoms with E-state index >= 15 is 0 Å². The van der Waals surface area contributed by atoms with Crippen LogP contribution in [0.25, 0.3) is 11.0 Å². The van der Waals surface area contributed by atoms with Gasteiger partial charge in [-0.2, -0.15) is 0 Å². The number of hydrogen-bond acceptors (Lipinski definition) is 3. The number of halogens is 2. The Morgan fingerprint density at radius 1 is 1.20 bits per heavy atom. The number of fused-ring (bicyclic) bond motifs is 1. The van der Waals surface area contributed by atoms with E-state index in [-0.39, 0.29) is 24.5 Å². The fourth-order valence-electron chi connectivity index (χ4n) is 2.50. The van der Waals surface area contributed by atoms with Crippen LogP contribution in [0, 0.1) is 5.82 Å². The smallest absolute Gasteiger partial charge is 0.316 e. The first-order valence-electron chi connectivity index (χ1n) is 7.42. The van der Waals surface area contributed by atoms with Crippen molar-refractivity contribution in [1.82, 2.24) is 14.9 Å². The molecule has 0 aliphatic rings. The summed E-state index contributed by atoms with van der Waals surface area (Å²) in [7, 11) is 0. The number of benzene rings is 2. The molecule has 0 aliphatic carbocycles. The number of hydrogen-bond donors (Lipinski definition) is 2. The van der Waals surface area contributed by atoms with Crippen molar-refractivity contribution >= 4 is 28.5 Å². The van der Waals surface area contributed by atoms with Crippen LogP contribution in [0.5, 0.6) is 0 Å². The van der Waals surface area contributed by atoms with Crippen molar-refractivity contribution in [3.05, 3.63) is 79.6 Å². The van der Waals surface area contributed by atoms with Gasteiger partial charge in [-0.15, -0.1) is 0 Å². The van der Waals surface area contributed by atoms with Crippen LogP contribution in [0.4, 0.5) is 4.39 Å². The maximum Gasteiger partial charge on any atom is 0.316 e. The predicted molar refractivity (Wildman–Crippen MR) is 92.6 cm³/mol. The van der Waals surface area contributed by atoms with Crippen LogP contribution in [0.1, 0.15) is 10.4 Å². The Hall–Kier alpha value is -2.93. The number of amides is 1. The zero-order chi connectivity index (χ0) is 18.0. The van der Waals surface area contributed by atoms with Gasteiger partial charge in [-0.05, 0) is 30.3 Å². The molecule has 0 spiro atoms. The number of H-pyrrole nitrogens is 1. The maximum absolute atomic E-state index is 13.3. The molecule has 0 bridgehead atoms. The van der Waals surface area contributed by atoms with Crippen molar-refractivity contribution in [2.75, 3.05) is 6.54 Å². The van der Waals surface area contributed by atoms with Gasteiger partial charge in [-0.1, -0.05) is 23.7 Å². The lowest BCUT2D eigenvalue weighted by Crippen LogP contribution is -2.39. The van der Waals surface area contributed by atoms with Crippen molar-refractivity contribution in [2.24, 2.45) is 0 Å². The number of nitrogens with zero attached hydrogens (tertiary/aromatic N) is 1. The normalized spacial score (nSPS) is 10.8. The highest BCUT2D eigenvalue weighted by Gasteiger charge is 2.11. The monoisotopic (exact) mass is 361 g/mol. The Labute approximate surface area is 145 Å². The maximum atomic E-state index is 13.3. The SMILES string of the molecule is O=C(NCCn1c(=O)c(=O)[nH]c2cc(F)ccc21)c1ccccc1Cl. The topological polar surface area (TPSA) is 84.0 Å². The second kappa shape index (κ2) is 6.90. The quantitative estimate of drug-likeness (QED) is 0.696. The van der Waals surface area contributed by atoms with E-state index in [4.69, 9.17) is 11.6 Å². The van der Waals surface area contributed by atoms with E-state index in [2.05, 4.69) is 10.3 Å². The molecule has 0 saturated carbocycles. The summed E-state index contributed by atoms with van der Waals surface area (Å²) in [5.74, 6) is -0.917. The molecule has 0 radical (unpaired) electrons. The van der Waals surface area contributed by atoms with Gasteiger partial charge in [-0.25, -0.2) is 4.39 Å². The molecule has 6 nitrogen and oxygen atoms in total. The van der Waals surface area contributed by atoms with Gasteiger partial charge in [0.05, 0.1) is 21.6 Å². The van der Waals surface area contributed by atoms with Gasteiger partial charge in [0.25, 0.3) is 5.91 Å². The second-order valence-corrected chi connectivity index (χ2v) is 5.72. The van der Waals surface area contributed by atoms with Gasteiger partial charge in [0.15, 0.2) is 0 Å². The third-order valence-corrected chi connectivity index (χ3v) is 4.01. The Morgan fingerprint density at radius 2 is 1.96 bits per heavy atom.